The maximum Gasteiger partial charge on any atom is 0.233 e. The van der Waals surface area contributed by atoms with Gasteiger partial charge in [0.25, 0.3) is 0 Å². The fraction of sp³-hybridized carbons (Fsp3) is 0.875. The van der Waals surface area contributed by atoms with Crippen molar-refractivity contribution in [2.24, 2.45) is 11.1 Å². The lowest BCUT2D eigenvalue weighted by atomic mass is 9.78. The van der Waals surface area contributed by atoms with Crippen LogP contribution in [0.25, 0.3) is 0 Å². The molecule has 1 atom stereocenters. The SMILES string of the molecule is CCCC(CCC)(C(=O)NCC1CCCN1CC)C(N)=S. The molecule has 0 spiro atoms. The normalized spacial score (nSPS) is 19.7. The summed E-state index contributed by atoms with van der Waals surface area (Å²) in [5, 5.41) is 3.13. The maximum absolute atomic E-state index is 12.7. The van der Waals surface area contributed by atoms with Crippen molar-refractivity contribution in [3.05, 3.63) is 0 Å². The standard InChI is InChI=1S/C16H31N3OS/c1-4-9-16(10-5-2,14(17)21)15(20)18-12-13-8-7-11-19(13)6-3/h13H,4-12H2,1-3H3,(H2,17,21)(H,18,20). The second-order valence-corrected chi connectivity index (χ2v) is 6.52. The van der Waals surface area contributed by atoms with E-state index in [1.54, 1.807) is 0 Å². The second kappa shape index (κ2) is 8.69. The summed E-state index contributed by atoms with van der Waals surface area (Å²) in [6, 6.07) is 0.464. The molecule has 1 aliphatic heterocycles. The van der Waals surface area contributed by atoms with Crippen LogP contribution >= 0.6 is 12.2 Å². The Bertz CT molecular complexity index is 353. The molecule has 21 heavy (non-hydrogen) atoms. The number of nitrogens with two attached hydrogens (primary N) is 1. The fourth-order valence-electron chi connectivity index (χ4n) is 3.49. The van der Waals surface area contributed by atoms with Crippen LogP contribution in [0.1, 0.15) is 59.3 Å². The van der Waals surface area contributed by atoms with Gasteiger partial charge in [0.05, 0.1) is 10.4 Å². The molecule has 0 aromatic carbocycles. The van der Waals surface area contributed by atoms with Gasteiger partial charge in [-0.05, 0) is 38.8 Å². The van der Waals surface area contributed by atoms with Gasteiger partial charge in [0.15, 0.2) is 0 Å². The zero-order valence-electron chi connectivity index (χ0n) is 13.8. The van der Waals surface area contributed by atoms with E-state index in [2.05, 4.69) is 31.0 Å². The van der Waals surface area contributed by atoms with Crippen molar-refractivity contribution in [3.63, 3.8) is 0 Å². The largest absolute Gasteiger partial charge is 0.392 e. The molecule has 1 aliphatic rings. The summed E-state index contributed by atoms with van der Waals surface area (Å²) in [6.45, 7) is 9.22. The molecule has 1 rings (SSSR count). The van der Waals surface area contributed by atoms with Crippen molar-refractivity contribution >= 4 is 23.1 Å². The van der Waals surface area contributed by atoms with Gasteiger partial charge in [0.1, 0.15) is 0 Å². The van der Waals surface area contributed by atoms with Gasteiger partial charge in [-0.25, -0.2) is 0 Å². The first-order chi connectivity index (χ1) is 10.0. The summed E-state index contributed by atoms with van der Waals surface area (Å²) in [6.07, 6.45) is 5.69. The number of likely N-dealkylation sites (N-methyl/N-ethyl adjacent to an activating group) is 1. The van der Waals surface area contributed by atoms with E-state index in [0.717, 1.165) is 45.2 Å². The highest BCUT2D eigenvalue weighted by Crippen LogP contribution is 2.31. The molecule has 5 heteroatoms. The number of amides is 1. The molecule has 0 aromatic rings. The Balaban J connectivity index is 2.70. The number of carbonyl (C=O) groups is 1. The van der Waals surface area contributed by atoms with Gasteiger partial charge in [-0.1, -0.05) is 45.8 Å². The van der Waals surface area contributed by atoms with Gasteiger partial charge in [-0.15, -0.1) is 0 Å². The Morgan fingerprint density at radius 1 is 1.33 bits per heavy atom. The molecule has 0 bridgehead atoms. The maximum atomic E-state index is 12.7. The Morgan fingerprint density at radius 3 is 2.43 bits per heavy atom. The number of nitrogens with zero attached hydrogens (tertiary/aromatic N) is 1. The predicted octanol–water partition coefficient (Wildman–Crippen LogP) is 2.46. The van der Waals surface area contributed by atoms with E-state index in [1.807, 2.05) is 0 Å². The van der Waals surface area contributed by atoms with Gasteiger partial charge in [-0.3, -0.25) is 9.69 Å². The van der Waals surface area contributed by atoms with Gasteiger partial charge in [-0.2, -0.15) is 0 Å². The Morgan fingerprint density at radius 2 is 1.95 bits per heavy atom. The topological polar surface area (TPSA) is 58.4 Å². The van der Waals surface area contributed by atoms with Gasteiger partial charge >= 0.3 is 0 Å². The lowest BCUT2D eigenvalue weighted by molar-refractivity contribution is -0.128. The molecule has 1 unspecified atom stereocenters. The van der Waals surface area contributed by atoms with Crippen LogP contribution in [-0.4, -0.2) is 41.5 Å². The smallest absolute Gasteiger partial charge is 0.233 e. The molecule has 1 heterocycles. The van der Waals surface area contributed by atoms with E-state index in [1.165, 1.54) is 6.42 Å². The summed E-state index contributed by atoms with van der Waals surface area (Å²) < 4.78 is 0. The number of thiocarbonyl (C=S) groups is 1. The third-order valence-electron chi connectivity index (χ3n) is 4.66. The fourth-order valence-corrected chi connectivity index (χ4v) is 3.78. The number of likely N-dealkylation sites (tertiary alicyclic amines) is 1. The minimum absolute atomic E-state index is 0.0293. The van der Waals surface area contributed by atoms with Crippen molar-refractivity contribution in [2.75, 3.05) is 19.6 Å². The number of rotatable bonds is 9. The Labute approximate surface area is 134 Å². The number of carbonyl (C=O) groups excluding carboxylic acids is 1. The molecular formula is C16H31N3OS. The van der Waals surface area contributed by atoms with Crippen LogP contribution in [0, 0.1) is 5.41 Å². The molecule has 0 radical (unpaired) electrons. The van der Waals surface area contributed by atoms with Crippen molar-refractivity contribution in [3.8, 4) is 0 Å². The molecule has 1 amide bonds. The van der Waals surface area contributed by atoms with Crippen molar-refractivity contribution in [1.29, 1.82) is 0 Å². The highest BCUT2D eigenvalue weighted by molar-refractivity contribution is 7.80. The molecule has 3 N–H and O–H groups in total. The summed E-state index contributed by atoms with van der Waals surface area (Å²) in [5.41, 5.74) is 5.28. The predicted molar refractivity (Wildman–Crippen MR) is 92.3 cm³/mol. The van der Waals surface area contributed by atoms with Crippen LogP contribution in [0.5, 0.6) is 0 Å². The van der Waals surface area contributed by atoms with Crippen LogP contribution < -0.4 is 11.1 Å². The lowest BCUT2D eigenvalue weighted by Crippen LogP contribution is -2.51. The summed E-state index contributed by atoms with van der Waals surface area (Å²) in [7, 11) is 0. The first-order valence-electron chi connectivity index (χ1n) is 8.34. The first-order valence-corrected chi connectivity index (χ1v) is 8.74. The molecule has 0 aliphatic carbocycles. The van der Waals surface area contributed by atoms with Crippen molar-refractivity contribution in [1.82, 2.24) is 10.2 Å². The molecule has 122 valence electrons. The van der Waals surface area contributed by atoms with Crippen LogP contribution in [0.4, 0.5) is 0 Å². The molecular weight excluding hydrogens is 282 g/mol. The highest BCUT2D eigenvalue weighted by atomic mass is 32.1. The highest BCUT2D eigenvalue weighted by Gasteiger charge is 2.40. The quantitative estimate of drug-likeness (QED) is 0.642. The zero-order chi connectivity index (χ0) is 15.9. The van der Waals surface area contributed by atoms with E-state index in [0.29, 0.717) is 17.6 Å². The average molecular weight is 314 g/mol. The third kappa shape index (κ3) is 4.39. The van der Waals surface area contributed by atoms with Crippen molar-refractivity contribution in [2.45, 2.75) is 65.3 Å². The van der Waals surface area contributed by atoms with Gasteiger partial charge in [0.2, 0.25) is 5.91 Å². The number of nitrogens with one attached hydrogen (secondary N) is 1. The van der Waals surface area contributed by atoms with Crippen molar-refractivity contribution < 1.29 is 4.79 Å². The van der Waals surface area contributed by atoms with E-state index >= 15 is 0 Å². The molecule has 0 saturated carbocycles. The van der Waals surface area contributed by atoms with E-state index in [-0.39, 0.29) is 5.91 Å². The summed E-state index contributed by atoms with van der Waals surface area (Å²) in [4.78, 5) is 15.5. The van der Waals surface area contributed by atoms with Crippen LogP contribution in [0.3, 0.4) is 0 Å². The van der Waals surface area contributed by atoms with Gasteiger partial charge in [0, 0.05) is 12.6 Å². The molecule has 1 fully saturated rings. The minimum Gasteiger partial charge on any atom is -0.392 e. The molecule has 1 saturated heterocycles. The number of hydrogen-bond acceptors (Lipinski definition) is 3. The molecule has 4 nitrogen and oxygen atoms in total. The average Bonchev–Trinajstić information content (AvgIpc) is 2.91. The summed E-state index contributed by atoms with van der Waals surface area (Å²) in [5.74, 6) is 0.0293. The summed E-state index contributed by atoms with van der Waals surface area (Å²) >= 11 is 5.24. The van der Waals surface area contributed by atoms with E-state index < -0.39 is 5.41 Å². The second-order valence-electron chi connectivity index (χ2n) is 6.08. The first kappa shape index (κ1) is 18.4. The minimum atomic E-state index is -0.658. The zero-order valence-corrected chi connectivity index (χ0v) is 14.6. The Kier molecular flexibility index (Phi) is 7.60. The van der Waals surface area contributed by atoms with E-state index in [4.69, 9.17) is 18.0 Å². The van der Waals surface area contributed by atoms with E-state index in [9.17, 15) is 4.79 Å². The number of hydrogen-bond donors (Lipinski definition) is 2. The van der Waals surface area contributed by atoms with Crippen LogP contribution in [0.2, 0.25) is 0 Å². The van der Waals surface area contributed by atoms with Gasteiger partial charge < -0.3 is 11.1 Å². The monoisotopic (exact) mass is 313 g/mol. The van der Waals surface area contributed by atoms with Crippen LogP contribution in [0.15, 0.2) is 0 Å². The lowest BCUT2D eigenvalue weighted by Gasteiger charge is -2.32. The van der Waals surface area contributed by atoms with Crippen LogP contribution in [-0.2, 0) is 4.79 Å². The third-order valence-corrected chi connectivity index (χ3v) is 5.05. The Hall–Kier alpha value is -0.680. The molecule has 0 aromatic heterocycles.